The minimum Gasteiger partial charge on any atom is -0.380 e. The Morgan fingerprint density at radius 2 is 1.76 bits per heavy atom. The Balaban J connectivity index is 1.63. The molecule has 1 aliphatic heterocycles. The molecule has 2 aromatic heterocycles. The Morgan fingerprint density at radius 1 is 1.06 bits per heavy atom. The Morgan fingerprint density at radius 3 is 2.44 bits per heavy atom. The average Bonchev–Trinajstić information content (AvgIpc) is 3.15. The second kappa shape index (κ2) is 8.87. The van der Waals surface area contributed by atoms with Gasteiger partial charge in [-0.15, -0.1) is 0 Å². The summed E-state index contributed by atoms with van der Waals surface area (Å²) < 4.78 is 56.5. The molecular formula is C26H31F4N3O. The van der Waals surface area contributed by atoms with Gasteiger partial charge in [0.25, 0.3) is 0 Å². The smallest absolute Gasteiger partial charge is 0.380 e. The predicted molar refractivity (Wildman–Crippen MR) is 126 cm³/mol. The molecule has 0 bridgehead atoms. The highest BCUT2D eigenvalue weighted by Gasteiger charge is 2.56. The molecule has 8 heteroatoms. The number of aryl methyl sites for hydroxylation is 1. The number of hydrogen-bond donors (Lipinski definition) is 2. The van der Waals surface area contributed by atoms with Gasteiger partial charge in [-0.1, -0.05) is 19.9 Å². The number of aromatic nitrogens is 2. The fourth-order valence-corrected chi connectivity index (χ4v) is 5.20. The second-order valence-corrected chi connectivity index (χ2v) is 10.2. The van der Waals surface area contributed by atoms with Crippen LogP contribution in [0.1, 0.15) is 56.4 Å². The van der Waals surface area contributed by atoms with Crippen LogP contribution in [0.3, 0.4) is 0 Å². The summed E-state index contributed by atoms with van der Waals surface area (Å²) in [5, 5.41) is 11.7. The van der Waals surface area contributed by atoms with Crippen LogP contribution in [0.4, 0.5) is 23.4 Å². The molecule has 4 nitrogen and oxygen atoms in total. The van der Waals surface area contributed by atoms with Gasteiger partial charge < -0.3 is 15.0 Å². The normalized spacial score (nSPS) is 17.2. The topological polar surface area (TPSA) is 52.1 Å². The Hall–Kier alpha value is -2.61. The second-order valence-electron chi connectivity index (χ2n) is 10.2. The SMILES string of the molecule is Cc1ccc(F)cc1C(C)(C)CC(O)(Cc1cc2cc(N3CCCCC3)ncc2[nH]1)C(F)(F)F. The maximum absolute atomic E-state index is 14.2. The molecule has 184 valence electrons. The lowest BCUT2D eigenvalue weighted by Gasteiger charge is -2.38. The lowest BCUT2D eigenvalue weighted by Crippen LogP contribution is -2.51. The van der Waals surface area contributed by atoms with Gasteiger partial charge in [0.1, 0.15) is 11.6 Å². The van der Waals surface area contributed by atoms with E-state index in [1.807, 2.05) is 6.07 Å². The van der Waals surface area contributed by atoms with Gasteiger partial charge in [-0.2, -0.15) is 13.2 Å². The molecule has 1 unspecified atom stereocenters. The molecule has 0 aliphatic carbocycles. The minimum absolute atomic E-state index is 0.277. The van der Waals surface area contributed by atoms with Crippen LogP contribution in [-0.4, -0.2) is 39.9 Å². The van der Waals surface area contributed by atoms with E-state index in [2.05, 4.69) is 14.9 Å². The summed E-state index contributed by atoms with van der Waals surface area (Å²) in [5.41, 5.74) is -2.09. The highest BCUT2D eigenvalue weighted by atomic mass is 19.4. The first-order chi connectivity index (χ1) is 15.9. The molecular weight excluding hydrogens is 446 g/mol. The molecule has 1 saturated heterocycles. The number of aromatic amines is 1. The third-order valence-electron chi connectivity index (χ3n) is 6.90. The zero-order valence-electron chi connectivity index (χ0n) is 19.8. The number of alkyl halides is 3. The molecule has 0 spiro atoms. The van der Waals surface area contributed by atoms with Gasteiger partial charge in [0, 0.05) is 30.6 Å². The van der Waals surface area contributed by atoms with Crippen LogP contribution in [0.5, 0.6) is 0 Å². The number of nitrogens with one attached hydrogen (secondary N) is 1. The highest BCUT2D eigenvalue weighted by Crippen LogP contribution is 2.44. The molecule has 34 heavy (non-hydrogen) atoms. The van der Waals surface area contributed by atoms with Crippen LogP contribution in [0.15, 0.2) is 36.5 Å². The third-order valence-corrected chi connectivity index (χ3v) is 6.90. The van der Waals surface area contributed by atoms with E-state index in [1.165, 1.54) is 18.6 Å². The number of anilines is 1. The molecule has 0 radical (unpaired) electrons. The van der Waals surface area contributed by atoms with Gasteiger partial charge >= 0.3 is 6.18 Å². The largest absolute Gasteiger partial charge is 0.417 e. The van der Waals surface area contributed by atoms with Crippen molar-refractivity contribution in [1.29, 1.82) is 0 Å². The van der Waals surface area contributed by atoms with Crippen LogP contribution in [0.25, 0.3) is 10.9 Å². The standard InChI is InChI=1S/C26H31F4N3O/c1-17-7-8-19(27)13-21(17)24(2,3)16-25(34,26(28,29)30)14-20-11-18-12-23(31-15-22(18)32-20)33-9-5-4-6-10-33/h7-8,11-13,15,32,34H,4-6,9-10,14,16H2,1-3H3. The van der Waals surface area contributed by atoms with Crippen LogP contribution >= 0.6 is 0 Å². The molecule has 2 N–H and O–H groups in total. The molecule has 1 fully saturated rings. The van der Waals surface area contributed by atoms with Crippen LogP contribution in [0.2, 0.25) is 0 Å². The van der Waals surface area contributed by atoms with Crippen molar-refractivity contribution in [2.24, 2.45) is 0 Å². The number of fused-ring (bicyclic) bond motifs is 1. The number of nitrogens with zero attached hydrogens (tertiary/aromatic N) is 2. The van der Waals surface area contributed by atoms with Crippen molar-refractivity contribution in [3.05, 3.63) is 59.2 Å². The number of aliphatic hydroxyl groups is 1. The van der Waals surface area contributed by atoms with Gasteiger partial charge in [0.2, 0.25) is 0 Å². The molecule has 0 amide bonds. The third kappa shape index (κ3) is 4.92. The number of halogens is 4. The van der Waals surface area contributed by atoms with Crippen molar-refractivity contribution in [2.75, 3.05) is 18.0 Å². The molecule has 1 aromatic carbocycles. The number of H-pyrrole nitrogens is 1. The van der Waals surface area contributed by atoms with Gasteiger partial charge in [-0.05, 0) is 73.4 Å². The van der Waals surface area contributed by atoms with E-state index in [4.69, 9.17) is 0 Å². The first-order valence-corrected chi connectivity index (χ1v) is 11.7. The lowest BCUT2D eigenvalue weighted by molar-refractivity contribution is -0.266. The number of piperidine rings is 1. The zero-order valence-corrected chi connectivity index (χ0v) is 19.8. The molecule has 1 aliphatic rings. The number of hydrogen-bond acceptors (Lipinski definition) is 3. The summed E-state index contributed by atoms with van der Waals surface area (Å²) in [6.07, 6.45) is -1.11. The minimum atomic E-state index is -4.87. The fraction of sp³-hybridized carbons (Fsp3) is 0.500. The Labute approximate surface area is 197 Å². The van der Waals surface area contributed by atoms with Crippen molar-refractivity contribution in [3.8, 4) is 0 Å². The highest BCUT2D eigenvalue weighted by molar-refractivity contribution is 5.82. The molecule has 1 atom stereocenters. The summed E-state index contributed by atoms with van der Waals surface area (Å²) in [6, 6.07) is 7.61. The van der Waals surface area contributed by atoms with Crippen LogP contribution < -0.4 is 4.90 Å². The van der Waals surface area contributed by atoms with Crippen LogP contribution in [-0.2, 0) is 11.8 Å². The molecule has 3 heterocycles. The van der Waals surface area contributed by atoms with Crippen molar-refractivity contribution in [3.63, 3.8) is 0 Å². The van der Waals surface area contributed by atoms with E-state index in [1.54, 1.807) is 39.1 Å². The van der Waals surface area contributed by atoms with Gasteiger partial charge in [-0.25, -0.2) is 9.37 Å². The number of rotatable bonds is 6. The average molecular weight is 478 g/mol. The molecule has 0 saturated carbocycles. The summed E-state index contributed by atoms with van der Waals surface area (Å²) in [6.45, 7) is 6.77. The summed E-state index contributed by atoms with van der Waals surface area (Å²) in [4.78, 5) is 9.67. The van der Waals surface area contributed by atoms with E-state index in [-0.39, 0.29) is 5.69 Å². The van der Waals surface area contributed by atoms with Gasteiger partial charge in [0.15, 0.2) is 5.60 Å². The first-order valence-electron chi connectivity index (χ1n) is 11.7. The maximum Gasteiger partial charge on any atom is 0.417 e. The maximum atomic E-state index is 14.2. The number of pyridine rings is 1. The quantitative estimate of drug-likeness (QED) is 0.416. The monoisotopic (exact) mass is 477 g/mol. The van der Waals surface area contributed by atoms with E-state index >= 15 is 0 Å². The van der Waals surface area contributed by atoms with E-state index in [0.29, 0.717) is 16.6 Å². The van der Waals surface area contributed by atoms with Crippen molar-refractivity contribution in [1.82, 2.24) is 9.97 Å². The van der Waals surface area contributed by atoms with Crippen molar-refractivity contribution >= 4 is 16.7 Å². The fourth-order valence-electron chi connectivity index (χ4n) is 5.20. The summed E-state index contributed by atoms with van der Waals surface area (Å²) >= 11 is 0. The van der Waals surface area contributed by atoms with Crippen LogP contribution in [0, 0.1) is 12.7 Å². The van der Waals surface area contributed by atoms with E-state index in [9.17, 15) is 22.7 Å². The number of benzene rings is 1. The lowest BCUT2D eigenvalue weighted by atomic mass is 9.72. The summed E-state index contributed by atoms with van der Waals surface area (Å²) in [7, 11) is 0. The van der Waals surface area contributed by atoms with E-state index in [0.717, 1.165) is 37.1 Å². The van der Waals surface area contributed by atoms with Crippen molar-refractivity contribution in [2.45, 2.75) is 70.1 Å². The molecule has 3 aromatic rings. The van der Waals surface area contributed by atoms with Gasteiger partial charge in [0.05, 0.1) is 11.7 Å². The summed E-state index contributed by atoms with van der Waals surface area (Å²) in [5.74, 6) is 0.295. The predicted octanol–water partition coefficient (Wildman–Crippen LogP) is 6.20. The van der Waals surface area contributed by atoms with Gasteiger partial charge in [-0.3, -0.25) is 0 Å². The Kier molecular flexibility index (Phi) is 6.40. The van der Waals surface area contributed by atoms with Crippen molar-refractivity contribution < 1.29 is 22.7 Å². The van der Waals surface area contributed by atoms with E-state index < -0.39 is 35.9 Å². The zero-order chi connectivity index (χ0) is 24.7. The first kappa shape index (κ1) is 24.5. The Bertz CT molecular complexity index is 1160. The molecule has 4 rings (SSSR count).